The molecule has 6 heteroatoms. The summed E-state index contributed by atoms with van der Waals surface area (Å²) in [5.41, 5.74) is 4.02. The fourth-order valence-corrected chi connectivity index (χ4v) is 3.76. The highest BCUT2D eigenvalue weighted by atomic mass is 35.5. The van der Waals surface area contributed by atoms with Crippen molar-refractivity contribution in [2.24, 2.45) is 5.92 Å². The minimum absolute atomic E-state index is 0.629. The molecule has 0 bridgehead atoms. The minimum Gasteiger partial charge on any atom is -0.366 e. The van der Waals surface area contributed by atoms with E-state index in [2.05, 4.69) is 26.7 Å². The summed E-state index contributed by atoms with van der Waals surface area (Å²) in [4.78, 5) is 13.3. The van der Waals surface area contributed by atoms with Crippen LogP contribution in [0.5, 0.6) is 0 Å². The molecule has 28 heavy (non-hydrogen) atoms. The van der Waals surface area contributed by atoms with Gasteiger partial charge in [-0.1, -0.05) is 17.7 Å². The van der Waals surface area contributed by atoms with Gasteiger partial charge in [0.05, 0.1) is 10.7 Å². The Kier molecular flexibility index (Phi) is 6.14. The molecule has 0 spiro atoms. The van der Waals surface area contributed by atoms with Crippen LogP contribution < -0.4 is 10.6 Å². The molecule has 1 aliphatic heterocycles. The van der Waals surface area contributed by atoms with Gasteiger partial charge in [-0.2, -0.15) is 0 Å². The van der Waals surface area contributed by atoms with Gasteiger partial charge in [0.25, 0.3) is 0 Å². The van der Waals surface area contributed by atoms with Crippen molar-refractivity contribution in [1.82, 2.24) is 20.3 Å². The Balaban J connectivity index is 1.50. The third kappa shape index (κ3) is 4.86. The SMILES string of the molecule is Clc1cnc(C[C@H]2CCCNC2)cc1-c1cccc(NCc2ccncc2)n1. The highest BCUT2D eigenvalue weighted by molar-refractivity contribution is 6.33. The first-order valence-corrected chi connectivity index (χ1v) is 10.1. The lowest BCUT2D eigenvalue weighted by atomic mass is 9.94. The number of piperidine rings is 1. The van der Waals surface area contributed by atoms with Crippen molar-refractivity contribution in [1.29, 1.82) is 0 Å². The normalized spacial score (nSPS) is 16.7. The first-order chi connectivity index (χ1) is 13.8. The Morgan fingerprint density at radius 2 is 2.07 bits per heavy atom. The second-order valence-corrected chi connectivity index (χ2v) is 7.60. The van der Waals surface area contributed by atoms with Crippen LogP contribution in [0.15, 0.2) is 55.0 Å². The molecule has 4 rings (SSSR count). The first-order valence-electron chi connectivity index (χ1n) is 9.73. The van der Waals surface area contributed by atoms with Gasteiger partial charge in [-0.25, -0.2) is 4.98 Å². The van der Waals surface area contributed by atoms with Gasteiger partial charge >= 0.3 is 0 Å². The molecule has 5 nitrogen and oxygen atoms in total. The second-order valence-electron chi connectivity index (χ2n) is 7.19. The Morgan fingerprint density at radius 1 is 1.18 bits per heavy atom. The van der Waals surface area contributed by atoms with Gasteiger partial charge in [-0.15, -0.1) is 0 Å². The van der Waals surface area contributed by atoms with E-state index in [9.17, 15) is 0 Å². The van der Waals surface area contributed by atoms with Crippen molar-refractivity contribution in [3.63, 3.8) is 0 Å². The van der Waals surface area contributed by atoms with Gasteiger partial charge < -0.3 is 10.6 Å². The van der Waals surface area contributed by atoms with Crippen LogP contribution >= 0.6 is 11.6 Å². The molecule has 144 valence electrons. The molecule has 0 aromatic carbocycles. The molecule has 2 N–H and O–H groups in total. The average molecular weight is 394 g/mol. The smallest absolute Gasteiger partial charge is 0.126 e. The number of nitrogens with one attached hydrogen (secondary N) is 2. The van der Waals surface area contributed by atoms with Gasteiger partial charge in [0, 0.05) is 36.4 Å². The minimum atomic E-state index is 0.629. The number of rotatable bonds is 6. The summed E-state index contributed by atoms with van der Waals surface area (Å²) >= 11 is 6.46. The molecule has 1 fully saturated rings. The molecule has 1 atom stereocenters. The summed E-state index contributed by atoms with van der Waals surface area (Å²) in [6, 6.07) is 12.0. The molecule has 3 aromatic rings. The van der Waals surface area contributed by atoms with Crippen LogP contribution in [0.1, 0.15) is 24.1 Å². The van der Waals surface area contributed by atoms with Crippen LogP contribution in [0.4, 0.5) is 5.82 Å². The van der Waals surface area contributed by atoms with E-state index in [1.54, 1.807) is 18.6 Å². The van der Waals surface area contributed by atoms with E-state index in [1.165, 1.54) is 12.8 Å². The maximum absolute atomic E-state index is 6.46. The largest absolute Gasteiger partial charge is 0.366 e. The van der Waals surface area contributed by atoms with Crippen LogP contribution in [0.2, 0.25) is 5.02 Å². The van der Waals surface area contributed by atoms with Crippen molar-refractivity contribution >= 4 is 17.4 Å². The summed E-state index contributed by atoms with van der Waals surface area (Å²) in [6.07, 6.45) is 8.79. The second kappa shape index (κ2) is 9.13. The first kappa shape index (κ1) is 18.8. The number of anilines is 1. The molecule has 0 amide bonds. The van der Waals surface area contributed by atoms with Gasteiger partial charge in [0.15, 0.2) is 0 Å². The Bertz CT molecular complexity index is 910. The van der Waals surface area contributed by atoms with E-state index < -0.39 is 0 Å². The van der Waals surface area contributed by atoms with Gasteiger partial charge in [0.1, 0.15) is 5.82 Å². The zero-order valence-corrected chi connectivity index (χ0v) is 16.5. The van der Waals surface area contributed by atoms with E-state index in [1.807, 2.05) is 30.3 Å². The quantitative estimate of drug-likeness (QED) is 0.652. The molecular formula is C22H24ClN5. The molecule has 1 saturated heterocycles. The van der Waals surface area contributed by atoms with Gasteiger partial charge in [-0.3, -0.25) is 9.97 Å². The Hall–Kier alpha value is -2.50. The maximum Gasteiger partial charge on any atom is 0.126 e. The Morgan fingerprint density at radius 3 is 2.89 bits per heavy atom. The predicted molar refractivity (Wildman–Crippen MR) is 113 cm³/mol. The average Bonchev–Trinajstić information content (AvgIpc) is 2.75. The van der Waals surface area contributed by atoms with Crippen molar-refractivity contribution in [2.75, 3.05) is 18.4 Å². The predicted octanol–water partition coefficient (Wildman–Crippen LogP) is 4.35. The summed E-state index contributed by atoms with van der Waals surface area (Å²) < 4.78 is 0. The lowest BCUT2D eigenvalue weighted by Crippen LogP contribution is -2.31. The number of hydrogen-bond donors (Lipinski definition) is 2. The summed E-state index contributed by atoms with van der Waals surface area (Å²) in [5, 5.41) is 7.46. The third-order valence-electron chi connectivity index (χ3n) is 5.06. The van der Waals surface area contributed by atoms with E-state index >= 15 is 0 Å². The van der Waals surface area contributed by atoms with Crippen LogP contribution in [0, 0.1) is 5.92 Å². The molecule has 0 radical (unpaired) electrons. The zero-order chi connectivity index (χ0) is 19.2. The van der Waals surface area contributed by atoms with Crippen molar-refractivity contribution in [3.05, 3.63) is 71.3 Å². The lowest BCUT2D eigenvalue weighted by Gasteiger charge is -2.22. The molecular weight excluding hydrogens is 370 g/mol. The molecule has 1 aliphatic rings. The van der Waals surface area contributed by atoms with Crippen LogP contribution in [-0.4, -0.2) is 28.0 Å². The van der Waals surface area contributed by atoms with Crippen molar-refractivity contribution < 1.29 is 0 Å². The maximum atomic E-state index is 6.46. The number of halogens is 1. The number of aromatic nitrogens is 3. The molecule has 3 aromatic heterocycles. The number of hydrogen-bond acceptors (Lipinski definition) is 5. The van der Waals surface area contributed by atoms with Gasteiger partial charge in [-0.05, 0) is 74.2 Å². The lowest BCUT2D eigenvalue weighted by molar-refractivity contribution is 0.373. The number of nitrogens with zero attached hydrogens (tertiary/aromatic N) is 3. The van der Waals surface area contributed by atoms with Crippen LogP contribution in [-0.2, 0) is 13.0 Å². The monoisotopic (exact) mass is 393 g/mol. The molecule has 0 unspecified atom stereocenters. The molecule has 0 saturated carbocycles. The summed E-state index contributed by atoms with van der Waals surface area (Å²) in [7, 11) is 0. The fourth-order valence-electron chi connectivity index (χ4n) is 3.56. The van der Waals surface area contributed by atoms with Crippen LogP contribution in [0.25, 0.3) is 11.3 Å². The molecule has 0 aliphatic carbocycles. The topological polar surface area (TPSA) is 62.7 Å². The van der Waals surface area contributed by atoms with E-state index in [4.69, 9.17) is 16.6 Å². The Labute approximate surface area is 170 Å². The van der Waals surface area contributed by atoms with Gasteiger partial charge in [0.2, 0.25) is 0 Å². The van der Waals surface area contributed by atoms with Crippen molar-refractivity contribution in [3.8, 4) is 11.3 Å². The summed E-state index contributed by atoms with van der Waals surface area (Å²) in [6.45, 7) is 2.88. The summed E-state index contributed by atoms with van der Waals surface area (Å²) in [5.74, 6) is 1.46. The highest BCUT2D eigenvalue weighted by Gasteiger charge is 2.16. The van der Waals surface area contributed by atoms with E-state index in [0.717, 1.165) is 47.8 Å². The standard InChI is InChI=1S/C22H24ClN5/c23-20-15-26-18(11-17-3-2-8-25-13-17)12-19(20)21-4-1-5-22(28-21)27-14-16-6-9-24-10-7-16/h1,4-7,9-10,12,15,17,25H,2-3,8,11,13-14H2,(H,27,28)/t17-/m1/s1. The van der Waals surface area contributed by atoms with Crippen molar-refractivity contribution in [2.45, 2.75) is 25.8 Å². The highest BCUT2D eigenvalue weighted by Crippen LogP contribution is 2.28. The fraction of sp³-hybridized carbons (Fsp3) is 0.318. The number of pyridine rings is 3. The van der Waals surface area contributed by atoms with Crippen LogP contribution in [0.3, 0.4) is 0 Å². The van der Waals surface area contributed by atoms with E-state index in [0.29, 0.717) is 17.5 Å². The molecule has 4 heterocycles. The zero-order valence-electron chi connectivity index (χ0n) is 15.7. The van der Waals surface area contributed by atoms with E-state index in [-0.39, 0.29) is 0 Å². The third-order valence-corrected chi connectivity index (χ3v) is 5.36.